The van der Waals surface area contributed by atoms with E-state index in [4.69, 9.17) is 46.4 Å². The van der Waals surface area contributed by atoms with E-state index in [2.05, 4.69) is 5.32 Å². The summed E-state index contributed by atoms with van der Waals surface area (Å²) in [5.74, 6) is -0.731. The Hall–Kier alpha value is -1.71. The normalized spacial score (nSPS) is 12.4. The lowest BCUT2D eigenvalue weighted by atomic mass is 10.1. The van der Waals surface area contributed by atoms with Crippen LogP contribution in [0.4, 0.5) is 5.69 Å². The minimum absolute atomic E-state index is 0.0264. The van der Waals surface area contributed by atoms with Crippen LogP contribution in [0.1, 0.15) is 32.8 Å². The van der Waals surface area contributed by atoms with Crippen molar-refractivity contribution in [1.29, 1.82) is 0 Å². The summed E-state index contributed by atoms with van der Waals surface area (Å²) >= 11 is 24.4. The first-order valence-corrected chi connectivity index (χ1v) is 14.5. The van der Waals surface area contributed by atoms with E-state index in [1.807, 2.05) is 13.8 Å². The predicted molar refractivity (Wildman–Crippen MR) is 148 cm³/mol. The summed E-state index contributed by atoms with van der Waals surface area (Å²) in [6.45, 7) is 5.53. The molecule has 0 radical (unpaired) electrons. The summed E-state index contributed by atoms with van der Waals surface area (Å²) < 4.78 is 26.2. The highest BCUT2D eigenvalue weighted by Gasteiger charge is 2.32. The van der Waals surface area contributed by atoms with Crippen molar-refractivity contribution < 1.29 is 18.0 Å². The van der Waals surface area contributed by atoms with Crippen molar-refractivity contribution in [2.24, 2.45) is 5.92 Å². The quantitative estimate of drug-likeness (QED) is 0.363. The highest BCUT2D eigenvalue weighted by molar-refractivity contribution is 7.92. The largest absolute Gasteiger partial charge is 0.354 e. The molecule has 0 aromatic heterocycles. The van der Waals surface area contributed by atoms with Gasteiger partial charge in [-0.2, -0.15) is 0 Å². The Kier molecular flexibility index (Phi) is 11.2. The van der Waals surface area contributed by atoms with Crippen molar-refractivity contribution in [1.82, 2.24) is 10.2 Å². The SMILES string of the molecule is CCC(C(=O)NCC(C)C)N(Cc1ccc(Cl)cc1Cl)C(=O)CN(c1ccc(Cl)c(Cl)c1)S(C)(=O)=O. The summed E-state index contributed by atoms with van der Waals surface area (Å²) in [7, 11) is -3.90. The van der Waals surface area contributed by atoms with Crippen LogP contribution in [-0.4, -0.2) is 50.5 Å². The maximum atomic E-state index is 13.7. The number of halogens is 4. The van der Waals surface area contributed by atoms with Gasteiger partial charge in [-0.1, -0.05) is 73.2 Å². The van der Waals surface area contributed by atoms with E-state index in [9.17, 15) is 18.0 Å². The van der Waals surface area contributed by atoms with Crippen molar-refractivity contribution in [3.8, 4) is 0 Å². The molecule has 7 nitrogen and oxygen atoms in total. The van der Waals surface area contributed by atoms with E-state index < -0.39 is 28.5 Å². The van der Waals surface area contributed by atoms with Crippen molar-refractivity contribution in [2.45, 2.75) is 39.8 Å². The van der Waals surface area contributed by atoms with Crippen molar-refractivity contribution in [3.05, 3.63) is 62.1 Å². The van der Waals surface area contributed by atoms with E-state index >= 15 is 0 Å². The van der Waals surface area contributed by atoms with Gasteiger partial charge >= 0.3 is 0 Å². The first kappa shape index (κ1) is 30.5. The van der Waals surface area contributed by atoms with Crippen molar-refractivity contribution in [2.75, 3.05) is 23.7 Å². The Morgan fingerprint density at radius 1 is 0.972 bits per heavy atom. The van der Waals surface area contributed by atoms with Crippen LogP contribution in [0.25, 0.3) is 0 Å². The lowest BCUT2D eigenvalue weighted by Gasteiger charge is -2.33. The molecule has 1 unspecified atom stereocenters. The van der Waals surface area contributed by atoms with Crippen LogP contribution >= 0.6 is 46.4 Å². The third-order valence-corrected chi connectivity index (χ3v) is 7.76. The van der Waals surface area contributed by atoms with Gasteiger partial charge in [0.1, 0.15) is 12.6 Å². The van der Waals surface area contributed by atoms with E-state index in [0.29, 0.717) is 28.6 Å². The summed E-state index contributed by atoms with van der Waals surface area (Å²) in [6, 6.07) is 8.24. The van der Waals surface area contributed by atoms with E-state index in [1.54, 1.807) is 25.1 Å². The zero-order valence-corrected chi connectivity index (χ0v) is 24.2. The molecule has 0 spiro atoms. The first-order chi connectivity index (χ1) is 16.7. The van der Waals surface area contributed by atoms with Gasteiger partial charge in [0.05, 0.1) is 22.0 Å². The fraction of sp³-hybridized carbons (Fsp3) is 0.417. The van der Waals surface area contributed by atoms with Crippen LogP contribution in [0.2, 0.25) is 20.1 Å². The fourth-order valence-electron chi connectivity index (χ4n) is 3.43. The number of sulfonamides is 1. The second-order valence-corrected chi connectivity index (χ2v) is 12.3. The van der Waals surface area contributed by atoms with Gasteiger partial charge in [-0.15, -0.1) is 0 Å². The van der Waals surface area contributed by atoms with Gasteiger partial charge in [0, 0.05) is 23.1 Å². The number of hydrogen-bond donors (Lipinski definition) is 1. The van der Waals surface area contributed by atoms with Crippen molar-refractivity contribution >= 4 is 73.9 Å². The predicted octanol–water partition coefficient (Wildman–Crippen LogP) is 5.65. The fourth-order valence-corrected chi connectivity index (χ4v) is 5.03. The molecule has 0 bridgehead atoms. The molecule has 2 aromatic carbocycles. The highest BCUT2D eigenvalue weighted by atomic mass is 35.5. The van der Waals surface area contributed by atoms with Gasteiger partial charge in [0.25, 0.3) is 0 Å². The second-order valence-electron chi connectivity index (χ2n) is 8.69. The number of nitrogens with zero attached hydrogens (tertiary/aromatic N) is 2. The van der Waals surface area contributed by atoms with Gasteiger partial charge in [0.2, 0.25) is 21.8 Å². The molecule has 36 heavy (non-hydrogen) atoms. The van der Waals surface area contributed by atoms with Crippen LogP contribution in [0.15, 0.2) is 36.4 Å². The van der Waals surface area contributed by atoms with E-state index in [0.717, 1.165) is 10.6 Å². The summed E-state index contributed by atoms with van der Waals surface area (Å²) in [5, 5.41) is 3.98. The number of nitrogens with one attached hydrogen (secondary N) is 1. The van der Waals surface area contributed by atoms with Crippen LogP contribution < -0.4 is 9.62 Å². The first-order valence-electron chi connectivity index (χ1n) is 11.2. The number of carbonyl (C=O) groups excluding carboxylic acids is 2. The van der Waals surface area contributed by atoms with Crippen LogP contribution in [-0.2, 0) is 26.2 Å². The summed E-state index contributed by atoms with van der Waals surface area (Å²) in [4.78, 5) is 28.1. The Labute approximate surface area is 232 Å². The zero-order chi connectivity index (χ0) is 27.2. The molecule has 0 saturated carbocycles. The van der Waals surface area contributed by atoms with Gasteiger partial charge in [-0.25, -0.2) is 8.42 Å². The number of hydrogen-bond acceptors (Lipinski definition) is 4. The molecule has 0 aliphatic heterocycles. The Bertz CT molecular complexity index is 1210. The molecule has 2 amide bonds. The minimum Gasteiger partial charge on any atom is -0.354 e. The van der Waals surface area contributed by atoms with Gasteiger partial charge in [0.15, 0.2) is 0 Å². The molecule has 0 aliphatic rings. The lowest BCUT2D eigenvalue weighted by molar-refractivity contribution is -0.140. The standard InChI is InChI=1S/C24H29Cl4N3O4S/c1-5-22(24(33)29-12-15(2)3)30(13-16-6-7-17(25)10-20(16)27)23(32)14-31(36(4,34)35)18-8-9-19(26)21(28)11-18/h6-11,15,22H,5,12-14H2,1-4H3,(H,29,33). The maximum absolute atomic E-state index is 13.7. The number of amides is 2. The van der Waals surface area contributed by atoms with Gasteiger partial charge in [-0.3, -0.25) is 13.9 Å². The number of rotatable bonds is 11. The average Bonchev–Trinajstić information content (AvgIpc) is 2.78. The van der Waals surface area contributed by atoms with E-state index in [1.165, 1.54) is 23.1 Å². The minimum atomic E-state index is -3.90. The molecule has 0 fully saturated rings. The molecular weight excluding hydrogens is 568 g/mol. The molecule has 198 valence electrons. The Morgan fingerprint density at radius 2 is 1.64 bits per heavy atom. The molecule has 2 aromatic rings. The Balaban J connectivity index is 2.48. The number of benzene rings is 2. The maximum Gasteiger partial charge on any atom is 0.244 e. The third kappa shape index (κ3) is 8.42. The monoisotopic (exact) mass is 595 g/mol. The number of anilines is 1. The topological polar surface area (TPSA) is 86.8 Å². The van der Waals surface area contributed by atoms with Crippen LogP contribution in [0, 0.1) is 5.92 Å². The molecule has 1 atom stereocenters. The van der Waals surface area contributed by atoms with Gasteiger partial charge < -0.3 is 10.2 Å². The molecule has 2 rings (SSSR count). The average molecular weight is 597 g/mol. The van der Waals surface area contributed by atoms with Gasteiger partial charge in [-0.05, 0) is 48.2 Å². The Morgan fingerprint density at radius 3 is 2.17 bits per heavy atom. The highest BCUT2D eigenvalue weighted by Crippen LogP contribution is 2.29. The van der Waals surface area contributed by atoms with Crippen molar-refractivity contribution in [3.63, 3.8) is 0 Å². The van der Waals surface area contributed by atoms with E-state index in [-0.39, 0.29) is 34.1 Å². The zero-order valence-electron chi connectivity index (χ0n) is 20.4. The molecule has 12 heteroatoms. The van der Waals surface area contributed by atoms with Crippen LogP contribution in [0.5, 0.6) is 0 Å². The third-order valence-electron chi connectivity index (χ3n) is 5.30. The lowest BCUT2D eigenvalue weighted by Crippen LogP contribution is -2.52. The van der Waals surface area contributed by atoms with Crippen LogP contribution in [0.3, 0.4) is 0 Å². The number of carbonyl (C=O) groups is 2. The molecular formula is C24H29Cl4N3O4S. The molecule has 1 N–H and O–H groups in total. The molecule has 0 aliphatic carbocycles. The molecule has 0 heterocycles. The smallest absolute Gasteiger partial charge is 0.244 e. The summed E-state index contributed by atoms with van der Waals surface area (Å²) in [6.07, 6.45) is 1.28. The summed E-state index contributed by atoms with van der Waals surface area (Å²) in [5.41, 5.74) is 0.729. The molecule has 0 saturated heterocycles. The second kappa shape index (κ2) is 13.2.